The fourth-order valence-corrected chi connectivity index (χ4v) is 7.30. The average Bonchev–Trinajstić information content (AvgIpc) is 3.37. The molecule has 1 amide bonds. The van der Waals surface area contributed by atoms with Gasteiger partial charge in [0.05, 0.1) is 35.3 Å². The molecule has 2 aromatic carbocycles. The van der Waals surface area contributed by atoms with Crippen molar-refractivity contribution in [3.63, 3.8) is 0 Å². The largest absolute Gasteiger partial charge is 0.462 e. The lowest BCUT2D eigenvalue weighted by atomic mass is 9.91. The maximum absolute atomic E-state index is 14.1. The number of aromatic nitrogens is 2. The van der Waals surface area contributed by atoms with Gasteiger partial charge in [-0.05, 0) is 50.4 Å². The van der Waals surface area contributed by atoms with Crippen LogP contribution in [0.1, 0.15) is 31.0 Å². The van der Waals surface area contributed by atoms with E-state index in [4.69, 9.17) is 26.3 Å². The van der Waals surface area contributed by atoms with Crippen LogP contribution in [-0.4, -0.2) is 96.5 Å². The number of likely N-dealkylation sites (tertiary alicyclic amines) is 1. The molecule has 3 aromatic rings. The maximum atomic E-state index is 14.1. The number of nitrogens with zero attached hydrogens (tertiary/aromatic N) is 7. The number of allylic oxidation sites excluding steroid dienone is 1. The summed E-state index contributed by atoms with van der Waals surface area (Å²) >= 11 is 6.69. The number of alkyl halides is 2. The molecule has 2 fully saturated rings. The van der Waals surface area contributed by atoms with Crippen molar-refractivity contribution in [1.82, 2.24) is 19.8 Å². The van der Waals surface area contributed by atoms with Crippen LogP contribution < -0.4 is 14.5 Å². The Morgan fingerprint density at radius 3 is 2.74 bits per heavy atom. The highest BCUT2D eigenvalue weighted by Gasteiger charge is 2.41. The Morgan fingerprint density at radius 2 is 2.00 bits per heavy atom. The lowest BCUT2D eigenvalue weighted by Crippen LogP contribution is -2.62. The van der Waals surface area contributed by atoms with E-state index in [1.165, 1.54) is 12.2 Å². The number of amides is 1. The van der Waals surface area contributed by atoms with Gasteiger partial charge in [0, 0.05) is 61.5 Å². The molecule has 2 saturated heterocycles. The molecule has 3 aliphatic heterocycles. The number of carbonyl (C=O) groups excluding carboxylic acids is 1. The second-order valence-electron chi connectivity index (χ2n) is 12.6. The quantitative estimate of drug-likeness (QED) is 0.311. The Hall–Kier alpha value is -4.01. The van der Waals surface area contributed by atoms with E-state index in [9.17, 15) is 18.8 Å². The van der Waals surface area contributed by atoms with Gasteiger partial charge in [-0.3, -0.25) is 9.69 Å². The summed E-state index contributed by atoms with van der Waals surface area (Å²) in [6, 6.07) is 14.4. The molecule has 6 rings (SSSR count). The highest BCUT2D eigenvalue weighted by atomic mass is 35.5. The minimum atomic E-state index is -0.892. The van der Waals surface area contributed by atoms with Gasteiger partial charge in [0.25, 0.3) is 0 Å². The number of likely N-dealkylation sites (N-methyl/N-ethyl adjacent to an activating group) is 1. The van der Waals surface area contributed by atoms with E-state index < -0.39 is 18.4 Å². The SMILES string of the molecule is CN1C[C@H](F)C[C@H]1COc1nc2c(c(N3CCN(C(=O)/C=C/CF)[C@](C)(CC#N)C3)n1)CCN(c1cccc3cccc(Cl)c13)C2. The molecule has 0 bridgehead atoms. The zero-order valence-electron chi connectivity index (χ0n) is 26.1. The second-order valence-corrected chi connectivity index (χ2v) is 13.0. The summed E-state index contributed by atoms with van der Waals surface area (Å²) in [7, 11) is 1.89. The number of benzene rings is 2. The standard InChI is InChI=1S/C34H38ClF2N7O2/c1-34(12-14-38)22-43(16-17-44(34)30(45)10-5-13-36)32-26-11-15-42(29-9-4-7-23-6-3-8-27(35)31(23)29)20-28(26)39-33(40-32)46-21-25-18-24(37)19-41(25)2/h3-10,24-25H,11-13,15-22H2,1-2H3/b10-5+/t24-,25+,34-/m1/s1. The number of fused-ring (bicyclic) bond motifs is 2. The normalized spacial score (nSPS) is 23.6. The molecular weight excluding hydrogens is 612 g/mol. The van der Waals surface area contributed by atoms with Gasteiger partial charge < -0.3 is 19.4 Å². The van der Waals surface area contributed by atoms with Crippen LogP contribution in [0.2, 0.25) is 5.02 Å². The Bertz CT molecular complexity index is 1680. The summed E-state index contributed by atoms with van der Waals surface area (Å²) in [5.41, 5.74) is 2.01. The number of hydrogen-bond acceptors (Lipinski definition) is 8. The van der Waals surface area contributed by atoms with Crippen LogP contribution in [0.25, 0.3) is 10.8 Å². The molecule has 0 aliphatic carbocycles. The summed E-state index contributed by atoms with van der Waals surface area (Å²) < 4.78 is 33.1. The lowest BCUT2D eigenvalue weighted by molar-refractivity contribution is -0.132. The van der Waals surface area contributed by atoms with Gasteiger partial charge in [-0.25, -0.2) is 8.78 Å². The van der Waals surface area contributed by atoms with Crippen molar-refractivity contribution >= 4 is 39.8 Å². The van der Waals surface area contributed by atoms with E-state index in [-0.39, 0.29) is 31.0 Å². The van der Waals surface area contributed by atoms with Gasteiger partial charge in [-0.15, -0.1) is 0 Å². The molecule has 0 unspecified atom stereocenters. The van der Waals surface area contributed by atoms with E-state index in [0.717, 1.165) is 27.7 Å². The van der Waals surface area contributed by atoms with Crippen LogP contribution in [-0.2, 0) is 17.8 Å². The molecule has 3 aliphatic rings. The number of carbonyl (C=O) groups is 1. The van der Waals surface area contributed by atoms with Crippen molar-refractivity contribution in [2.45, 2.75) is 50.5 Å². The first-order valence-corrected chi connectivity index (χ1v) is 16.0. The zero-order valence-corrected chi connectivity index (χ0v) is 26.9. The van der Waals surface area contributed by atoms with E-state index in [1.807, 2.05) is 49.2 Å². The van der Waals surface area contributed by atoms with Crippen molar-refractivity contribution in [2.75, 3.05) is 62.9 Å². The first kappa shape index (κ1) is 32.0. The van der Waals surface area contributed by atoms with Crippen LogP contribution in [0.5, 0.6) is 6.01 Å². The summed E-state index contributed by atoms with van der Waals surface area (Å²) in [6.45, 7) is 4.15. The van der Waals surface area contributed by atoms with Crippen molar-refractivity contribution in [2.24, 2.45) is 0 Å². The van der Waals surface area contributed by atoms with Crippen molar-refractivity contribution in [3.05, 3.63) is 64.8 Å². The number of nitriles is 1. The maximum Gasteiger partial charge on any atom is 0.318 e. The summed E-state index contributed by atoms with van der Waals surface area (Å²) in [5, 5.41) is 12.4. The fourth-order valence-electron chi connectivity index (χ4n) is 7.02. The number of rotatable bonds is 8. The molecule has 0 radical (unpaired) electrons. The third-order valence-electron chi connectivity index (χ3n) is 9.39. The molecule has 4 heterocycles. The van der Waals surface area contributed by atoms with Crippen LogP contribution in [0.15, 0.2) is 48.6 Å². The smallest absolute Gasteiger partial charge is 0.318 e. The Balaban J connectivity index is 1.34. The molecule has 9 nitrogen and oxygen atoms in total. The first-order chi connectivity index (χ1) is 22.2. The molecule has 242 valence electrons. The lowest BCUT2D eigenvalue weighted by Gasteiger charge is -2.48. The highest BCUT2D eigenvalue weighted by molar-refractivity contribution is 6.36. The molecule has 46 heavy (non-hydrogen) atoms. The van der Waals surface area contributed by atoms with Gasteiger partial charge in [-0.2, -0.15) is 15.2 Å². The van der Waals surface area contributed by atoms with Crippen LogP contribution in [0.4, 0.5) is 20.3 Å². The third kappa shape index (κ3) is 6.33. The van der Waals surface area contributed by atoms with E-state index >= 15 is 0 Å². The summed E-state index contributed by atoms with van der Waals surface area (Å²) in [6.07, 6.45) is 2.69. The van der Waals surface area contributed by atoms with Gasteiger partial charge in [0.2, 0.25) is 5.91 Å². The molecule has 0 saturated carbocycles. The van der Waals surface area contributed by atoms with Crippen LogP contribution in [0, 0.1) is 11.3 Å². The Morgan fingerprint density at radius 1 is 1.20 bits per heavy atom. The molecule has 12 heteroatoms. The topological polar surface area (TPSA) is 88.8 Å². The van der Waals surface area contributed by atoms with Gasteiger partial charge in [-0.1, -0.05) is 35.9 Å². The average molecular weight is 650 g/mol. The predicted molar refractivity (Wildman–Crippen MR) is 175 cm³/mol. The highest BCUT2D eigenvalue weighted by Crippen LogP contribution is 2.38. The van der Waals surface area contributed by atoms with Crippen molar-refractivity contribution in [3.8, 4) is 12.1 Å². The Kier molecular flexibility index (Phi) is 9.29. The number of halogens is 3. The minimum absolute atomic E-state index is 0.0849. The van der Waals surface area contributed by atoms with Gasteiger partial charge >= 0.3 is 6.01 Å². The Labute approximate surface area is 273 Å². The predicted octanol–water partition coefficient (Wildman–Crippen LogP) is 5.11. The van der Waals surface area contributed by atoms with Crippen molar-refractivity contribution < 1.29 is 18.3 Å². The monoisotopic (exact) mass is 649 g/mol. The van der Waals surface area contributed by atoms with Crippen LogP contribution in [0.3, 0.4) is 0 Å². The van der Waals surface area contributed by atoms with Crippen molar-refractivity contribution in [1.29, 1.82) is 5.26 Å². The van der Waals surface area contributed by atoms with E-state index in [0.29, 0.717) is 63.0 Å². The molecule has 1 aromatic heterocycles. The van der Waals surface area contributed by atoms with Gasteiger partial charge in [0.15, 0.2) is 0 Å². The fraction of sp³-hybridized carbons (Fsp3) is 0.471. The number of hydrogen-bond donors (Lipinski definition) is 0. The zero-order chi connectivity index (χ0) is 32.4. The molecule has 3 atom stereocenters. The van der Waals surface area contributed by atoms with E-state index in [1.54, 1.807) is 4.90 Å². The third-order valence-corrected chi connectivity index (χ3v) is 9.70. The molecular formula is C34H38ClF2N7O2. The van der Waals surface area contributed by atoms with Crippen LogP contribution >= 0.6 is 11.6 Å². The first-order valence-electron chi connectivity index (χ1n) is 15.7. The van der Waals surface area contributed by atoms with Gasteiger partial charge in [0.1, 0.15) is 25.3 Å². The van der Waals surface area contributed by atoms with E-state index in [2.05, 4.69) is 21.9 Å². The number of piperazine rings is 1. The summed E-state index contributed by atoms with van der Waals surface area (Å²) in [5.74, 6) is 0.398. The number of ether oxygens (including phenoxy) is 1. The second kappa shape index (κ2) is 13.4. The minimum Gasteiger partial charge on any atom is -0.462 e. The molecule has 0 spiro atoms. The number of anilines is 2. The molecule has 0 N–H and O–H groups in total. The summed E-state index contributed by atoms with van der Waals surface area (Å²) in [4.78, 5) is 30.8.